The van der Waals surface area contributed by atoms with Crippen LogP contribution in [0.4, 0.5) is 0 Å². The Bertz CT molecular complexity index is 280. The maximum atomic E-state index is 4.67. The second kappa shape index (κ2) is 4.75. The second-order valence-corrected chi connectivity index (χ2v) is 4.54. The zero-order chi connectivity index (χ0) is 10.7. The van der Waals surface area contributed by atoms with Gasteiger partial charge in [0.1, 0.15) is 0 Å². The predicted octanol–water partition coefficient (Wildman–Crippen LogP) is 1.98. The SMILES string of the molecule is CCC(C)C1CC(NCc2ncon2)C1. The predicted molar refractivity (Wildman–Crippen MR) is 57.1 cm³/mol. The number of rotatable bonds is 5. The quantitative estimate of drug-likeness (QED) is 0.805. The highest BCUT2D eigenvalue weighted by Gasteiger charge is 2.31. The van der Waals surface area contributed by atoms with Gasteiger partial charge in [-0.05, 0) is 24.7 Å². The molecule has 1 unspecified atom stereocenters. The van der Waals surface area contributed by atoms with E-state index in [4.69, 9.17) is 0 Å². The molecular weight excluding hydrogens is 190 g/mol. The summed E-state index contributed by atoms with van der Waals surface area (Å²) in [7, 11) is 0. The molecule has 0 saturated heterocycles. The first-order chi connectivity index (χ1) is 7.29. The fourth-order valence-corrected chi connectivity index (χ4v) is 2.13. The van der Waals surface area contributed by atoms with Crippen molar-refractivity contribution >= 4 is 0 Å². The van der Waals surface area contributed by atoms with E-state index in [1.54, 1.807) is 0 Å². The Morgan fingerprint density at radius 2 is 2.40 bits per heavy atom. The van der Waals surface area contributed by atoms with Crippen molar-refractivity contribution in [2.45, 2.75) is 45.7 Å². The molecule has 0 aromatic carbocycles. The summed E-state index contributed by atoms with van der Waals surface area (Å²) >= 11 is 0. The Hall–Kier alpha value is -0.900. The van der Waals surface area contributed by atoms with E-state index in [1.807, 2.05) is 0 Å². The summed E-state index contributed by atoms with van der Waals surface area (Å²) in [5.41, 5.74) is 0. The van der Waals surface area contributed by atoms with E-state index in [-0.39, 0.29) is 0 Å². The van der Waals surface area contributed by atoms with E-state index in [2.05, 4.69) is 33.8 Å². The normalized spacial score (nSPS) is 27.3. The van der Waals surface area contributed by atoms with Crippen molar-refractivity contribution in [1.29, 1.82) is 0 Å². The van der Waals surface area contributed by atoms with Crippen molar-refractivity contribution in [2.75, 3.05) is 0 Å². The minimum absolute atomic E-state index is 0.655. The maximum Gasteiger partial charge on any atom is 0.213 e. The number of nitrogens with zero attached hydrogens (tertiary/aromatic N) is 2. The molecule has 1 aromatic heterocycles. The number of hydrogen-bond acceptors (Lipinski definition) is 4. The molecule has 1 saturated carbocycles. The summed E-state index contributed by atoms with van der Waals surface area (Å²) in [6, 6.07) is 0.655. The van der Waals surface area contributed by atoms with Gasteiger partial charge >= 0.3 is 0 Å². The van der Waals surface area contributed by atoms with Gasteiger partial charge < -0.3 is 9.84 Å². The Kier molecular flexibility index (Phi) is 3.36. The van der Waals surface area contributed by atoms with E-state index >= 15 is 0 Å². The minimum Gasteiger partial charge on any atom is -0.343 e. The first kappa shape index (κ1) is 10.6. The van der Waals surface area contributed by atoms with Gasteiger partial charge in [-0.1, -0.05) is 25.4 Å². The standard InChI is InChI=1S/C11H19N3O/c1-3-8(2)9-4-10(5-9)12-6-11-13-7-15-14-11/h7-10,12H,3-6H2,1-2H3. The van der Waals surface area contributed by atoms with E-state index < -0.39 is 0 Å². The molecule has 0 amide bonds. The lowest BCUT2D eigenvalue weighted by Gasteiger charge is -2.39. The highest BCUT2D eigenvalue weighted by Crippen LogP contribution is 2.35. The van der Waals surface area contributed by atoms with Crippen molar-refractivity contribution < 1.29 is 4.52 Å². The van der Waals surface area contributed by atoms with Crippen molar-refractivity contribution in [2.24, 2.45) is 11.8 Å². The summed E-state index contributed by atoms with van der Waals surface area (Å²) in [4.78, 5) is 3.98. The van der Waals surface area contributed by atoms with Gasteiger partial charge in [-0.3, -0.25) is 0 Å². The Balaban J connectivity index is 1.64. The zero-order valence-electron chi connectivity index (χ0n) is 9.44. The Labute approximate surface area is 90.4 Å². The van der Waals surface area contributed by atoms with Crippen LogP contribution in [-0.4, -0.2) is 16.2 Å². The minimum atomic E-state index is 0.655. The van der Waals surface area contributed by atoms with Gasteiger partial charge in [0.15, 0.2) is 5.82 Å². The lowest BCUT2D eigenvalue weighted by atomic mass is 9.72. The summed E-state index contributed by atoms with van der Waals surface area (Å²) in [6.45, 7) is 5.35. The van der Waals surface area contributed by atoms with Gasteiger partial charge in [-0.25, -0.2) is 0 Å². The molecule has 0 aliphatic heterocycles. The summed E-state index contributed by atoms with van der Waals surface area (Å²) in [5, 5.41) is 7.21. The fraction of sp³-hybridized carbons (Fsp3) is 0.818. The Morgan fingerprint density at radius 1 is 1.60 bits per heavy atom. The molecule has 1 heterocycles. The maximum absolute atomic E-state index is 4.67. The highest BCUT2D eigenvalue weighted by atomic mass is 16.5. The van der Waals surface area contributed by atoms with Crippen LogP contribution >= 0.6 is 0 Å². The number of aromatic nitrogens is 2. The van der Waals surface area contributed by atoms with Crippen LogP contribution in [0.2, 0.25) is 0 Å². The van der Waals surface area contributed by atoms with Gasteiger partial charge in [-0.2, -0.15) is 4.98 Å². The average molecular weight is 209 g/mol. The van der Waals surface area contributed by atoms with E-state index in [0.29, 0.717) is 6.04 Å². The van der Waals surface area contributed by atoms with Crippen LogP contribution in [0, 0.1) is 11.8 Å². The van der Waals surface area contributed by atoms with Crippen molar-refractivity contribution in [3.05, 3.63) is 12.2 Å². The van der Waals surface area contributed by atoms with Gasteiger partial charge in [0, 0.05) is 6.04 Å². The van der Waals surface area contributed by atoms with Crippen LogP contribution in [0.1, 0.15) is 38.9 Å². The summed E-state index contributed by atoms with van der Waals surface area (Å²) in [5.74, 6) is 2.54. The first-order valence-corrected chi connectivity index (χ1v) is 5.78. The largest absolute Gasteiger partial charge is 0.343 e. The van der Waals surface area contributed by atoms with Crippen LogP contribution < -0.4 is 5.32 Å². The van der Waals surface area contributed by atoms with Crippen molar-refractivity contribution in [1.82, 2.24) is 15.5 Å². The topological polar surface area (TPSA) is 51.0 Å². The molecule has 2 rings (SSSR count). The van der Waals surface area contributed by atoms with Gasteiger partial charge in [0.25, 0.3) is 0 Å². The van der Waals surface area contributed by atoms with Crippen molar-refractivity contribution in [3.63, 3.8) is 0 Å². The van der Waals surface area contributed by atoms with E-state index in [1.165, 1.54) is 25.7 Å². The molecule has 1 aliphatic rings. The lowest BCUT2D eigenvalue weighted by Crippen LogP contribution is -2.43. The van der Waals surface area contributed by atoms with Crippen LogP contribution in [0.25, 0.3) is 0 Å². The van der Waals surface area contributed by atoms with Gasteiger partial charge in [-0.15, -0.1) is 0 Å². The second-order valence-electron chi connectivity index (χ2n) is 4.54. The molecule has 0 spiro atoms. The molecular formula is C11H19N3O. The van der Waals surface area contributed by atoms with Crippen LogP contribution in [0.5, 0.6) is 0 Å². The van der Waals surface area contributed by atoms with E-state index in [9.17, 15) is 0 Å². The summed E-state index contributed by atoms with van der Waals surface area (Å²) < 4.78 is 4.67. The molecule has 4 heteroatoms. The monoisotopic (exact) mass is 209 g/mol. The zero-order valence-corrected chi connectivity index (χ0v) is 9.44. The molecule has 0 bridgehead atoms. The average Bonchev–Trinajstić information content (AvgIpc) is 2.67. The lowest BCUT2D eigenvalue weighted by molar-refractivity contribution is 0.154. The third-order valence-corrected chi connectivity index (χ3v) is 3.58. The van der Waals surface area contributed by atoms with Crippen LogP contribution in [0.3, 0.4) is 0 Å². The van der Waals surface area contributed by atoms with Crippen molar-refractivity contribution in [3.8, 4) is 0 Å². The molecule has 15 heavy (non-hydrogen) atoms. The molecule has 1 fully saturated rings. The molecule has 84 valence electrons. The molecule has 1 atom stereocenters. The number of hydrogen-bond donors (Lipinski definition) is 1. The van der Waals surface area contributed by atoms with E-state index in [0.717, 1.165) is 24.2 Å². The third-order valence-electron chi connectivity index (χ3n) is 3.58. The molecule has 1 aromatic rings. The smallest absolute Gasteiger partial charge is 0.213 e. The van der Waals surface area contributed by atoms with Gasteiger partial charge in [0.05, 0.1) is 6.54 Å². The van der Waals surface area contributed by atoms with Gasteiger partial charge in [0.2, 0.25) is 6.39 Å². The number of nitrogens with one attached hydrogen (secondary N) is 1. The molecule has 1 aliphatic carbocycles. The summed E-state index contributed by atoms with van der Waals surface area (Å²) in [6.07, 6.45) is 5.27. The molecule has 1 N–H and O–H groups in total. The Morgan fingerprint density at radius 3 is 3.00 bits per heavy atom. The first-order valence-electron chi connectivity index (χ1n) is 5.78. The third kappa shape index (κ3) is 2.56. The highest BCUT2D eigenvalue weighted by molar-refractivity contribution is 4.89. The molecule has 4 nitrogen and oxygen atoms in total. The van der Waals surface area contributed by atoms with Crippen LogP contribution in [-0.2, 0) is 6.54 Å². The molecule has 0 radical (unpaired) electrons. The fourth-order valence-electron chi connectivity index (χ4n) is 2.13. The van der Waals surface area contributed by atoms with Crippen LogP contribution in [0.15, 0.2) is 10.9 Å².